The van der Waals surface area contributed by atoms with Crippen molar-refractivity contribution in [2.24, 2.45) is 10.8 Å². The van der Waals surface area contributed by atoms with Gasteiger partial charge in [-0.05, 0) is 66.8 Å². The number of fused-ring (bicyclic) bond motifs is 1. The predicted octanol–water partition coefficient (Wildman–Crippen LogP) is 7.60. The Morgan fingerprint density at radius 1 is 1.08 bits per heavy atom. The van der Waals surface area contributed by atoms with E-state index in [9.17, 15) is 9.59 Å². The van der Waals surface area contributed by atoms with Gasteiger partial charge in [0.1, 0.15) is 18.2 Å². The third-order valence-electron chi connectivity index (χ3n) is 7.44. The summed E-state index contributed by atoms with van der Waals surface area (Å²) in [6.45, 7) is 10.4. The number of para-hydroxylation sites is 1. The van der Waals surface area contributed by atoms with Crippen molar-refractivity contribution in [1.82, 2.24) is 9.97 Å². The van der Waals surface area contributed by atoms with E-state index >= 15 is 0 Å². The molecule has 0 bridgehead atoms. The molecular weight excluding hydrogens is 484 g/mol. The maximum Gasteiger partial charge on any atom is 0.224 e. The zero-order valence-electron chi connectivity index (χ0n) is 22.6. The Labute approximate surface area is 225 Å². The fraction of sp³-hybridized carbons (Fsp3) is 0.484. The first-order valence-corrected chi connectivity index (χ1v) is 13.5. The van der Waals surface area contributed by atoms with Crippen molar-refractivity contribution in [3.05, 3.63) is 64.4 Å². The second-order valence-corrected chi connectivity index (χ2v) is 12.5. The first-order chi connectivity index (χ1) is 17.4. The summed E-state index contributed by atoms with van der Waals surface area (Å²) in [4.78, 5) is 34.6. The van der Waals surface area contributed by atoms with Gasteiger partial charge in [-0.3, -0.25) is 9.59 Å². The highest BCUT2D eigenvalue weighted by Crippen LogP contribution is 2.37. The number of benzene rings is 2. The lowest BCUT2D eigenvalue weighted by Gasteiger charge is -2.34. The van der Waals surface area contributed by atoms with Gasteiger partial charge in [0.15, 0.2) is 5.78 Å². The molecule has 196 valence electrons. The summed E-state index contributed by atoms with van der Waals surface area (Å²) >= 11 is 6.43. The van der Waals surface area contributed by atoms with Gasteiger partial charge in [0.05, 0.1) is 15.9 Å². The number of carbonyl (C=O) groups excluding carboxylic acids is 2. The van der Waals surface area contributed by atoms with Crippen molar-refractivity contribution in [3.63, 3.8) is 0 Å². The van der Waals surface area contributed by atoms with Crippen molar-refractivity contribution in [3.8, 4) is 5.88 Å². The zero-order valence-corrected chi connectivity index (χ0v) is 23.3. The van der Waals surface area contributed by atoms with Crippen LogP contribution in [-0.4, -0.2) is 27.6 Å². The molecule has 2 aromatic carbocycles. The van der Waals surface area contributed by atoms with Crippen molar-refractivity contribution >= 4 is 34.1 Å². The molecule has 1 aliphatic carbocycles. The van der Waals surface area contributed by atoms with Gasteiger partial charge in [0.2, 0.25) is 5.88 Å². The average Bonchev–Trinajstić information content (AvgIpc) is 2.84. The van der Waals surface area contributed by atoms with Crippen LogP contribution in [0.4, 0.5) is 0 Å². The molecule has 0 aliphatic heterocycles. The number of Topliss-reactive ketones (excluding diaryl/α,β-unsaturated/α-hetero) is 2. The van der Waals surface area contributed by atoms with E-state index < -0.39 is 0 Å². The maximum absolute atomic E-state index is 13.4. The molecule has 1 saturated carbocycles. The van der Waals surface area contributed by atoms with Crippen LogP contribution in [0.1, 0.15) is 88.2 Å². The van der Waals surface area contributed by atoms with Gasteiger partial charge in [0, 0.05) is 23.8 Å². The molecule has 1 aliphatic rings. The third kappa shape index (κ3) is 6.75. The predicted molar refractivity (Wildman–Crippen MR) is 148 cm³/mol. The molecule has 0 saturated heterocycles. The highest BCUT2D eigenvalue weighted by atomic mass is 35.5. The van der Waals surface area contributed by atoms with Crippen molar-refractivity contribution in [1.29, 1.82) is 0 Å². The number of halogens is 1. The van der Waals surface area contributed by atoms with Gasteiger partial charge in [0.25, 0.3) is 0 Å². The fourth-order valence-corrected chi connectivity index (χ4v) is 5.08. The van der Waals surface area contributed by atoms with Crippen LogP contribution < -0.4 is 4.74 Å². The molecular formula is C31H37ClN2O3. The summed E-state index contributed by atoms with van der Waals surface area (Å²) in [6.07, 6.45) is 7.10. The first-order valence-electron chi connectivity index (χ1n) is 13.2. The summed E-state index contributed by atoms with van der Waals surface area (Å²) in [7, 11) is 0. The highest BCUT2D eigenvalue weighted by molar-refractivity contribution is 6.34. The van der Waals surface area contributed by atoms with Gasteiger partial charge in [-0.1, -0.05) is 64.4 Å². The van der Waals surface area contributed by atoms with Gasteiger partial charge in [-0.2, -0.15) is 0 Å². The number of rotatable bonds is 8. The van der Waals surface area contributed by atoms with Gasteiger partial charge in [-0.15, -0.1) is 0 Å². The maximum atomic E-state index is 13.4. The van der Waals surface area contributed by atoms with Crippen molar-refractivity contribution in [2.75, 3.05) is 0 Å². The number of aromatic nitrogens is 2. The molecule has 0 spiro atoms. The van der Waals surface area contributed by atoms with E-state index in [1.54, 1.807) is 6.07 Å². The van der Waals surface area contributed by atoms with E-state index in [1.165, 1.54) is 6.33 Å². The van der Waals surface area contributed by atoms with Crippen LogP contribution in [-0.2, 0) is 17.6 Å². The van der Waals surface area contributed by atoms with Gasteiger partial charge < -0.3 is 4.74 Å². The SMILES string of the molecule is CC1(C)CCC(Oc2ncnc3c(CC(=O)c4cc(CCC(=O)C(C)(C)C)ccc4Cl)cccc23)CC1. The third-order valence-corrected chi connectivity index (χ3v) is 7.77. The summed E-state index contributed by atoms with van der Waals surface area (Å²) in [5.74, 6) is 0.686. The summed E-state index contributed by atoms with van der Waals surface area (Å²) in [6, 6.07) is 11.2. The second-order valence-electron chi connectivity index (χ2n) is 12.1. The van der Waals surface area contributed by atoms with Gasteiger partial charge >= 0.3 is 0 Å². The van der Waals surface area contributed by atoms with Crippen LogP contribution in [0.2, 0.25) is 5.02 Å². The van der Waals surface area contributed by atoms with Crippen LogP contribution >= 0.6 is 11.6 Å². The van der Waals surface area contributed by atoms with Crippen LogP contribution in [0.25, 0.3) is 10.9 Å². The summed E-state index contributed by atoms with van der Waals surface area (Å²) in [5.41, 5.74) is 2.91. The molecule has 4 rings (SSSR count). The Morgan fingerprint density at radius 2 is 1.81 bits per heavy atom. The van der Waals surface area contributed by atoms with E-state index in [2.05, 4.69) is 23.8 Å². The lowest BCUT2D eigenvalue weighted by Crippen LogP contribution is -2.28. The molecule has 0 amide bonds. The zero-order chi connectivity index (χ0) is 26.8. The molecule has 37 heavy (non-hydrogen) atoms. The van der Waals surface area contributed by atoms with Crippen LogP contribution in [0.15, 0.2) is 42.7 Å². The second kappa shape index (κ2) is 10.9. The Bertz CT molecular complexity index is 1300. The first kappa shape index (κ1) is 27.3. The standard InChI is InChI=1S/C31H37ClN2O3/c1-30(2,3)27(36)12-10-20-9-11-25(32)24(17-20)26(35)18-21-7-6-8-23-28(21)33-19-34-29(23)37-22-13-15-31(4,5)16-14-22/h6-9,11,17,19,22H,10,12-16,18H2,1-5H3. The Kier molecular flexibility index (Phi) is 8.03. The molecule has 1 fully saturated rings. The summed E-state index contributed by atoms with van der Waals surface area (Å²) < 4.78 is 6.33. The highest BCUT2D eigenvalue weighted by Gasteiger charge is 2.28. The molecule has 6 heteroatoms. The summed E-state index contributed by atoms with van der Waals surface area (Å²) in [5, 5.41) is 1.23. The molecule has 0 unspecified atom stereocenters. The minimum absolute atomic E-state index is 0.0860. The molecule has 0 N–H and O–H groups in total. The number of ketones is 2. The fourth-order valence-electron chi connectivity index (χ4n) is 4.85. The van der Waals surface area contributed by atoms with E-state index in [0.717, 1.165) is 47.7 Å². The number of hydrogen-bond acceptors (Lipinski definition) is 5. The number of hydrogen-bond donors (Lipinski definition) is 0. The minimum atomic E-state index is -0.378. The molecule has 1 heterocycles. The molecule has 5 nitrogen and oxygen atoms in total. The lowest BCUT2D eigenvalue weighted by molar-refractivity contribution is -0.126. The smallest absolute Gasteiger partial charge is 0.224 e. The van der Waals surface area contributed by atoms with Crippen LogP contribution in [0.3, 0.4) is 0 Å². The van der Waals surface area contributed by atoms with Crippen LogP contribution in [0.5, 0.6) is 5.88 Å². The molecule has 0 atom stereocenters. The van der Waals surface area contributed by atoms with Gasteiger partial charge in [-0.25, -0.2) is 9.97 Å². The molecule has 3 aromatic rings. The lowest BCUT2D eigenvalue weighted by atomic mass is 9.76. The monoisotopic (exact) mass is 520 g/mol. The molecule has 1 aromatic heterocycles. The van der Waals surface area contributed by atoms with E-state index in [0.29, 0.717) is 34.7 Å². The topological polar surface area (TPSA) is 69.2 Å². The Morgan fingerprint density at radius 3 is 2.51 bits per heavy atom. The van der Waals surface area contributed by atoms with Crippen molar-refractivity contribution < 1.29 is 14.3 Å². The van der Waals surface area contributed by atoms with E-state index in [1.807, 2.05) is 51.1 Å². The Balaban J connectivity index is 1.52. The number of nitrogens with zero attached hydrogens (tertiary/aromatic N) is 2. The Hall–Kier alpha value is -2.79. The van der Waals surface area contributed by atoms with E-state index in [-0.39, 0.29) is 29.5 Å². The number of ether oxygens (including phenoxy) is 1. The minimum Gasteiger partial charge on any atom is -0.474 e. The number of aryl methyl sites for hydroxylation is 1. The van der Waals surface area contributed by atoms with Crippen LogP contribution in [0, 0.1) is 10.8 Å². The number of carbonyl (C=O) groups is 2. The molecule has 0 radical (unpaired) electrons. The van der Waals surface area contributed by atoms with Crippen molar-refractivity contribution in [2.45, 2.75) is 85.7 Å². The quantitative estimate of drug-likeness (QED) is 0.286. The average molecular weight is 521 g/mol. The largest absolute Gasteiger partial charge is 0.474 e. The van der Waals surface area contributed by atoms with E-state index in [4.69, 9.17) is 16.3 Å². The normalized spacial score (nSPS) is 16.1.